The van der Waals surface area contributed by atoms with E-state index >= 15 is 0 Å². The van der Waals surface area contributed by atoms with Crippen LogP contribution in [0.5, 0.6) is 0 Å². The fraction of sp³-hybridized carbons (Fsp3) is 0.222. The number of aromatic nitrogens is 4. The van der Waals surface area contributed by atoms with Crippen LogP contribution in [-0.4, -0.2) is 26.1 Å². The molecule has 3 aromatic rings. The predicted molar refractivity (Wildman–Crippen MR) is 100 cm³/mol. The van der Waals surface area contributed by atoms with E-state index in [9.17, 15) is 4.79 Å². The minimum Gasteiger partial charge on any atom is -0.323 e. The van der Waals surface area contributed by atoms with Gasteiger partial charge in [0.1, 0.15) is 6.54 Å². The first-order valence-electron chi connectivity index (χ1n) is 7.95. The van der Waals surface area contributed by atoms with Crippen LogP contribution in [0, 0.1) is 0 Å². The Labute approximate surface area is 154 Å². The fourth-order valence-electron chi connectivity index (χ4n) is 2.32. The highest BCUT2D eigenvalue weighted by Crippen LogP contribution is 2.21. The third kappa shape index (κ3) is 4.30. The molecule has 2 aromatic carbocycles. The van der Waals surface area contributed by atoms with Crippen LogP contribution in [0.2, 0.25) is 0 Å². The Hall–Kier alpha value is -2.54. The second-order valence-corrected chi connectivity index (χ2v) is 6.80. The molecule has 0 aliphatic rings. The highest BCUT2D eigenvalue weighted by Gasteiger charge is 2.11. The van der Waals surface area contributed by atoms with Gasteiger partial charge in [0.25, 0.3) is 0 Å². The van der Waals surface area contributed by atoms with E-state index in [4.69, 9.17) is 0 Å². The lowest BCUT2D eigenvalue weighted by atomic mass is 10.0. The van der Waals surface area contributed by atoms with Crippen LogP contribution in [0.1, 0.15) is 25.3 Å². The van der Waals surface area contributed by atoms with E-state index in [2.05, 4.69) is 62.6 Å². The monoisotopic (exact) mass is 399 g/mol. The standard InChI is InChI=1S/C18H18BrN5O/c1-12(2)13-7-9-14(10-8-13)18-21-23-24(22-18)11-17(25)20-16-6-4-3-5-15(16)19/h3-10,12H,11H2,1-2H3,(H,20,25). The molecule has 1 N–H and O–H groups in total. The number of rotatable bonds is 5. The summed E-state index contributed by atoms with van der Waals surface area (Å²) >= 11 is 3.40. The van der Waals surface area contributed by atoms with Gasteiger partial charge in [-0.2, -0.15) is 4.80 Å². The van der Waals surface area contributed by atoms with Crippen molar-refractivity contribution >= 4 is 27.5 Å². The van der Waals surface area contributed by atoms with E-state index < -0.39 is 0 Å². The predicted octanol–water partition coefficient (Wildman–Crippen LogP) is 3.86. The maximum absolute atomic E-state index is 12.1. The van der Waals surface area contributed by atoms with Crippen molar-refractivity contribution in [3.05, 3.63) is 58.6 Å². The largest absolute Gasteiger partial charge is 0.323 e. The molecule has 1 aromatic heterocycles. The molecule has 0 unspecified atom stereocenters. The fourth-order valence-corrected chi connectivity index (χ4v) is 2.71. The van der Waals surface area contributed by atoms with E-state index in [1.54, 1.807) is 0 Å². The highest BCUT2D eigenvalue weighted by atomic mass is 79.9. The zero-order valence-corrected chi connectivity index (χ0v) is 15.6. The van der Waals surface area contributed by atoms with Crippen molar-refractivity contribution in [2.24, 2.45) is 0 Å². The number of nitrogens with one attached hydrogen (secondary N) is 1. The van der Waals surface area contributed by atoms with Crippen LogP contribution in [-0.2, 0) is 11.3 Å². The van der Waals surface area contributed by atoms with Crippen LogP contribution < -0.4 is 5.32 Å². The molecule has 0 aliphatic carbocycles. The number of amides is 1. The van der Waals surface area contributed by atoms with Gasteiger partial charge in [-0.15, -0.1) is 10.2 Å². The van der Waals surface area contributed by atoms with E-state index in [0.29, 0.717) is 17.4 Å². The quantitative estimate of drug-likeness (QED) is 0.706. The molecule has 0 radical (unpaired) electrons. The first-order valence-corrected chi connectivity index (χ1v) is 8.75. The van der Waals surface area contributed by atoms with Gasteiger partial charge in [-0.25, -0.2) is 0 Å². The van der Waals surface area contributed by atoms with Gasteiger partial charge in [-0.05, 0) is 44.8 Å². The first-order chi connectivity index (χ1) is 12.0. The molecule has 7 heteroatoms. The Balaban J connectivity index is 1.67. The average molecular weight is 400 g/mol. The van der Waals surface area contributed by atoms with E-state index in [0.717, 1.165) is 10.0 Å². The molecule has 0 spiro atoms. The SMILES string of the molecule is CC(C)c1ccc(-c2nnn(CC(=O)Nc3ccccc3Br)n2)cc1. The minimum atomic E-state index is -0.217. The second kappa shape index (κ2) is 7.57. The maximum atomic E-state index is 12.1. The summed E-state index contributed by atoms with van der Waals surface area (Å²) < 4.78 is 0.820. The highest BCUT2D eigenvalue weighted by molar-refractivity contribution is 9.10. The van der Waals surface area contributed by atoms with Crippen LogP contribution in [0.4, 0.5) is 5.69 Å². The average Bonchev–Trinajstić information content (AvgIpc) is 3.05. The molecular weight excluding hydrogens is 382 g/mol. The molecule has 1 amide bonds. The van der Waals surface area contributed by atoms with Crippen molar-refractivity contribution in [3.63, 3.8) is 0 Å². The molecule has 0 saturated heterocycles. The number of carbonyl (C=O) groups is 1. The number of carbonyl (C=O) groups excluding carboxylic acids is 1. The molecule has 0 aliphatic heterocycles. The van der Waals surface area contributed by atoms with Crippen molar-refractivity contribution in [2.75, 3.05) is 5.32 Å². The van der Waals surface area contributed by atoms with Gasteiger partial charge < -0.3 is 5.32 Å². The summed E-state index contributed by atoms with van der Waals surface area (Å²) in [7, 11) is 0. The van der Waals surface area contributed by atoms with E-state index in [1.807, 2.05) is 36.4 Å². The molecule has 3 rings (SSSR count). The van der Waals surface area contributed by atoms with Crippen molar-refractivity contribution in [1.29, 1.82) is 0 Å². The molecule has 1 heterocycles. The molecule has 0 bridgehead atoms. The topological polar surface area (TPSA) is 72.7 Å². The number of hydrogen-bond acceptors (Lipinski definition) is 4. The van der Waals surface area contributed by atoms with Crippen LogP contribution >= 0.6 is 15.9 Å². The summed E-state index contributed by atoms with van der Waals surface area (Å²) in [5.74, 6) is 0.758. The molecular formula is C18H18BrN5O. The summed E-state index contributed by atoms with van der Waals surface area (Å²) in [5, 5.41) is 15.1. The van der Waals surface area contributed by atoms with Gasteiger partial charge in [0, 0.05) is 10.0 Å². The van der Waals surface area contributed by atoms with Gasteiger partial charge in [-0.3, -0.25) is 4.79 Å². The first kappa shape index (κ1) is 17.3. The Kier molecular flexibility index (Phi) is 5.23. The Morgan fingerprint density at radius 1 is 1.16 bits per heavy atom. The molecule has 0 fully saturated rings. The molecule has 25 heavy (non-hydrogen) atoms. The minimum absolute atomic E-state index is 0.00158. The van der Waals surface area contributed by atoms with E-state index in [1.165, 1.54) is 10.4 Å². The van der Waals surface area contributed by atoms with Crippen LogP contribution in [0.15, 0.2) is 53.0 Å². The maximum Gasteiger partial charge on any atom is 0.248 e. The molecule has 6 nitrogen and oxygen atoms in total. The molecule has 0 atom stereocenters. The number of tetrazole rings is 1. The number of halogens is 1. The summed E-state index contributed by atoms with van der Waals surface area (Å²) in [4.78, 5) is 13.4. The summed E-state index contributed by atoms with van der Waals surface area (Å²) in [6.07, 6.45) is 0. The van der Waals surface area contributed by atoms with Gasteiger partial charge in [-0.1, -0.05) is 50.2 Å². The number of benzene rings is 2. The lowest BCUT2D eigenvalue weighted by molar-refractivity contribution is -0.117. The number of hydrogen-bond donors (Lipinski definition) is 1. The lowest BCUT2D eigenvalue weighted by Gasteiger charge is -2.06. The summed E-state index contributed by atoms with van der Waals surface area (Å²) in [6, 6.07) is 15.5. The zero-order chi connectivity index (χ0) is 17.8. The van der Waals surface area contributed by atoms with Gasteiger partial charge in [0.15, 0.2) is 0 Å². The van der Waals surface area contributed by atoms with Crippen molar-refractivity contribution < 1.29 is 4.79 Å². The van der Waals surface area contributed by atoms with Gasteiger partial charge >= 0.3 is 0 Å². The van der Waals surface area contributed by atoms with Crippen molar-refractivity contribution in [1.82, 2.24) is 20.2 Å². The Morgan fingerprint density at radius 2 is 1.88 bits per heavy atom. The molecule has 0 saturated carbocycles. The number of nitrogens with zero attached hydrogens (tertiary/aromatic N) is 4. The Bertz CT molecular complexity index is 873. The van der Waals surface area contributed by atoms with Gasteiger partial charge in [0.2, 0.25) is 11.7 Å². The number of para-hydroxylation sites is 1. The number of anilines is 1. The van der Waals surface area contributed by atoms with Gasteiger partial charge in [0.05, 0.1) is 5.69 Å². The van der Waals surface area contributed by atoms with Crippen molar-refractivity contribution in [2.45, 2.75) is 26.3 Å². The van der Waals surface area contributed by atoms with Crippen LogP contribution in [0.3, 0.4) is 0 Å². The lowest BCUT2D eigenvalue weighted by Crippen LogP contribution is -2.20. The zero-order valence-electron chi connectivity index (χ0n) is 14.0. The Morgan fingerprint density at radius 3 is 2.56 bits per heavy atom. The second-order valence-electron chi connectivity index (χ2n) is 5.95. The van der Waals surface area contributed by atoms with Crippen molar-refractivity contribution in [3.8, 4) is 11.4 Å². The third-order valence-electron chi connectivity index (χ3n) is 3.72. The smallest absolute Gasteiger partial charge is 0.248 e. The van der Waals surface area contributed by atoms with Crippen LogP contribution in [0.25, 0.3) is 11.4 Å². The molecule has 128 valence electrons. The third-order valence-corrected chi connectivity index (χ3v) is 4.41. The summed E-state index contributed by atoms with van der Waals surface area (Å²) in [6.45, 7) is 4.29. The normalized spacial score (nSPS) is 10.9. The summed E-state index contributed by atoms with van der Waals surface area (Å²) in [5.41, 5.74) is 2.84. The van der Waals surface area contributed by atoms with E-state index in [-0.39, 0.29) is 12.5 Å².